The summed E-state index contributed by atoms with van der Waals surface area (Å²) in [6.07, 6.45) is 1.28. The highest BCUT2D eigenvalue weighted by Crippen LogP contribution is 2.33. The molecule has 2 aliphatic rings. The van der Waals surface area contributed by atoms with Gasteiger partial charge in [-0.3, -0.25) is 14.5 Å². The molecule has 3 aromatic carbocycles. The molecular formula is C25H24N2O3. The van der Waals surface area contributed by atoms with Crippen LogP contribution in [0.15, 0.2) is 66.7 Å². The van der Waals surface area contributed by atoms with Crippen molar-refractivity contribution in [1.29, 1.82) is 0 Å². The van der Waals surface area contributed by atoms with Gasteiger partial charge in [-0.05, 0) is 35.9 Å². The zero-order chi connectivity index (χ0) is 20.7. The molecule has 1 N–H and O–H groups in total. The number of likely N-dealkylation sites (tertiary alicyclic amines) is 1. The Bertz CT molecular complexity index is 1070. The number of amides is 2. The highest BCUT2D eigenvalue weighted by atomic mass is 16.3. The molecule has 0 aliphatic carbocycles. The van der Waals surface area contributed by atoms with Gasteiger partial charge in [0.1, 0.15) is 0 Å². The van der Waals surface area contributed by atoms with Gasteiger partial charge in [0.25, 0.3) is 11.8 Å². The number of carbonyl (C=O) groups is 2. The molecule has 2 heterocycles. The summed E-state index contributed by atoms with van der Waals surface area (Å²) in [5.41, 5.74) is 1.35. The predicted octanol–water partition coefficient (Wildman–Crippen LogP) is 3.42. The van der Waals surface area contributed by atoms with Gasteiger partial charge in [0.05, 0.1) is 5.60 Å². The van der Waals surface area contributed by atoms with Crippen LogP contribution >= 0.6 is 0 Å². The molecule has 1 saturated heterocycles. The second-order valence-corrected chi connectivity index (χ2v) is 8.21. The quantitative estimate of drug-likeness (QED) is 0.682. The predicted molar refractivity (Wildman–Crippen MR) is 115 cm³/mol. The van der Waals surface area contributed by atoms with E-state index in [0.717, 1.165) is 29.4 Å². The third-order valence-electron chi connectivity index (χ3n) is 6.49. The van der Waals surface area contributed by atoms with E-state index in [9.17, 15) is 14.7 Å². The zero-order valence-corrected chi connectivity index (χ0v) is 16.8. The lowest BCUT2D eigenvalue weighted by atomic mass is 9.84. The number of hydrogen-bond acceptors (Lipinski definition) is 4. The van der Waals surface area contributed by atoms with Crippen molar-refractivity contribution in [2.45, 2.75) is 18.4 Å². The maximum Gasteiger partial charge on any atom is 0.261 e. The van der Waals surface area contributed by atoms with Gasteiger partial charge in [-0.2, -0.15) is 0 Å². The molecule has 0 unspecified atom stereocenters. The minimum atomic E-state index is -0.802. The average molecular weight is 400 g/mol. The highest BCUT2D eigenvalue weighted by molar-refractivity contribution is 6.25. The molecule has 0 bridgehead atoms. The second-order valence-electron chi connectivity index (χ2n) is 8.21. The molecule has 5 heteroatoms. The fraction of sp³-hybridized carbons (Fsp3) is 0.280. The van der Waals surface area contributed by atoms with Crippen molar-refractivity contribution in [2.75, 3.05) is 26.2 Å². The first-order valence-electron chi connectivity index (χ1n) is 10.4. The van der Waals surface area contributed by atoms with Gasteiger partial charge in [0.15, 0.2) is 0 Å². The number of imide groups is 1. The minimum Gasteiger partial charge on any atom is -0.385 e. The van der Waals surface area contributed by atoms with Crippen LogP contribution < -0.4 is 0 Å². The largest absolute Gasteiger partial charge is 0.385 e. The van der Waals surface area contributed by atoms with Crippen LogP contribution in [0.5, 0.6) is 0 Å². The molecule has 0 aromatic heterocycles. The Labute approximate surface area is 175 Å². The van der Waals surface area contributed by atoms with E-state index in [1.54, 1.807) is 12.1 Å². The summed E-state index contributed by atoms with van der Waals surface area (Å²) in [7, 11) is 0. The summed E-state index contributed by atoms with van der Waals surface area (Å²) in [5.74, 6) is -0.441. The van der Waals surface area contributed by atoms with E-state index in [1.165, 1.54) is 4.90 Å². The monoisotopic (exact) mass is 400 g/mol. The van der Waals surface area contributed by atoms with E-state index < -0.39 is 5.60 Å². The molecule has 5 rings (SSSR count). The maximum atomic E-state index is 13.0. The molecule has 0 saturated carbocycles. The Balaban J connectivity index is 1.28. The first-order chi connectivity index (χ1) is 14.6. The minimum absolute atomic E-state index is 0.220. The zero-order valence-electron chi connectivity index (χ0n) is 16.8. The number of piperidine rings is 1. The molecule has 3 aromatic rings. The first kappa shape index (κ1) is 19.0. The van der Waals surface area contributed by atoms with E-state index >= 15 is 0 Å². The highest BCUT2D eigenvalue weighted by Gasteiger charge is 2.36. The summed E-state index contributed by atoms with van der Waals surface area (Å²) < 4.78 is 0. The van der Waals surface area contributed by atoms with Crippen LogP contribution in [0.4, 0.5) is 0 Å². The van der Waals surface area contributed by atoms with Crippen molar-refractivity contribution in [2.24, 2.45) is 0 Å². The molecule has 152 valence electrons. The number of rotatable bonds is 4. The smallest absolute Gasteiger partial charge is 0.261 e. The molecule has 30 heavy (non-hydrogen) atoms. The van der Waals surface area contributed by atoms with E-state index in [0.29, 0.717) is 37.1 Å². The fourth-order valence-corrected chi connectivity index (χ4v) is 4.71. The summed E-state index contributed by atoms with van der Waals surface area (Å²) in [6.45, 7) is 2.42. The van der Waals surface area contributed by atoms with Crippen molar-refractivity contribution in [1.82, 2.24) is 9.80 Å². The SMILES string of the molecule is O=C1c2cccc3cccc(c23)C(=O)N1CCN1CCC(O)(c2ccccc2)CC1. The van der Waals surface area contributed by atoms with Crippen molar-refractivity contribution in [3.05, 3.63) is 83.4 Å². The Morgan fingerprint density at radius 3 is 1.97 bits per heavy atom. The molecule has 2 aliphatic heterocycles. The lowest BCUT2D eigenvalue weighted by Crippen LogP contribution is -2.48. The molecular weight excluding hydrogens is 376 g/mol. The van der Waals surface area contributed by atoms with Crippen LogP contribution in [0.25, 0.3) is 10.8 Å². The number of carbonyl (C=O) groups excluding carboxylic acids is 2. The molecule has 1 fully saturated rings. The fourth-order valence-electron chi connectivity index (χ4n) is 4.71. The first-order valence-corrected chi connectivity index (χ1v) is 10.4. The van der Waals surface area contributed by atoms with E-state index in [-0.39, 0.29) is 11.8 Å². The lowest BCUT2D eigenvalue weighted by Gasteiger charge is -2.39. The van der Waals surface area contributed by atoms with Crippen molar-refractivity contribution in [3.63, 3.8) is 0 Å². The third-order valence-corrected chi connectivity index (χ3v) is 6.49. The van der Waals surface area contributed by atoms with Crippen LogP contribution in [-0.4, -0.2) is 52.9 Å². The number of nitrogens with zero attached hydrogens (tertiary/aromatic N) is 2. The third kappa shape index (κ3) is 3.11. The Kier molecular flexibility index (Phi) is 4.65. The van der Waals surface area contributed by atoms with Gasteiger partial charge >= 0.3 is 0 Å². The van der Waals surface area contributed by atoms with Gasteiger partial charge in [0.2, 0.25) is 0 Å². The van der Waals surface area contributed by atoms with Crippen molar-refractivity contribution >= 4 is 22.6 Å². The molecule has 5 nitrogen and oxygen atoms in total. The molecule has 0 radical (unpaired) electrons. The average Bonchev–Trinajstić information content (AvgIpc) is 2.79. The van der Waals surface area contributed by atoms with Gasteiger partial charge in [-0.15, -0.1) is 0 Å². The Morgan fingerprint density at radius 1 is 0.767 bits per heavy atom. The van der Waals surface area contributed by atoms with Crippen molar-refractivity contribution in [3.8, 4) is 0 Å². The number of benzene rings is 3. The summed E-state index contributed by atoms with van der Waals surface area (Å²) in [5, 5.41) is 12.7. The maximum absolute atomic E-state index is 13.0. The van der Waals surface area contributed by atoms with Crippen LogP contribution in [0.2, 0.25) is 0 Å². The Morgan fingerprint density at radius 2 is 1.37 bits per heavy atom. The van der Waals surface area contributed by atoms with E-state index in [1.807, 2.05) is 54.6 Å². The normalized spacial score (nSPS) is 18.8. The molecule has 0 spiro atoms. The number of aliphatic hydroxyl groups is 1. The van der Waals surface area contributed by atoms with Gasteiger partial charge in [0, 0.05) is 42.7 Å². The summed E-state index contributed by atoms with van der Waals surface area (Å²) in [6, 6.07) is 21.0. The van der Waals surface area contributed by atoms with Crippen LogP contribution in [-0.2, 0) is 5.60 Å². The van der Waals surface area contributed by atoms with Crippen LogP contribution in [0, 0.1) is 0 Å². The topological polar surface area (TPSA) is 60.9 Å². The Hall–Kier alpha value is -3.02. The van der Waals surface area contributed by atoms with Gasteiger partial charge < -0.3 is 10.0 Å². The molecule has 0 atom stereocenters. The van der Waals surface area contributed by atoms with Crippen LogP contribution in [0.3, 0.4) is 0 Å². The van der Waals surface area contributed by atoms with E-state index in [4.69, 9.17) is 0 Å². The number of hydrogen-bond donors (Lipinski definition) is 1. The summed E-state index contributed by atoms with van der Waals surface area (Å²) in [4.78, 5) is 29.6. The van der Waals surface area contributed by atoms with Gasteiger partial charge in [-0.1, -0.05) is 54.6 Å². The van der Waals surface area contributed by atoms with Crippen LogP contribution in [0.1, 0.15) is 39.1 Å². The van der Waals surface area contributed by atoms with Crippen molar-refractivity contribution < 1.29 is 14.7 Å². The standard InChI is InChI=1S/C25H24N2O3/c28-23-20-10-4-6-18-7-5-11-21(22(18)20)24(29)27(23)17-16-26-14-12-25(30,13-15-26)19-8-2-1-3-9-19/h1-11,30H,12-17H2. The second kappa shape index (κ2) is 7.35. The van der Waals surface area contributed by atoms with Gasteiger partial charge in [-0.25, -0.2) is 0 Å². The molecule has 2 amide bonds. The lowest BCUT2D eigenvalue weighted by molar-refractivity contribution is -0.0268. The summed E-state index contributed by atoms with van der Waals surface area (Å²) >= 11 is 0. The van der Waals surface area contributed by atoms with E-state index in [2.05, 4.69) is 4.90 Å².